The van der Waals surface area contributed by atoms with Crippen LogP contribution >= 0.6 is 0 Å². The quantitative estimate of drug-likeness (QED) is 0.364. The molecule has 1 N–H and O–H groups in total. The molecule has 0 saturated heterocycles. The smallest absolute Gasteiger partial charge is 0.0629 e. The number of hydrogen-bond acceptors (Lipinski definition) is 2. The van der Waals surface area contributed by atoms with Crippen molar-refractivity contribution in [2.75, 3.05) is 5.32 Å². The van der Waals surface area contributed by atoms with Gasteiger partial charge in [0.25, 0.3) is 0 Å². The molecule has 1 aliphatic rings. The van der Waals surface area contributed by atoms with E-state index in [1.165, 1.54) is 33.4 Å². The maximum atomic E-state index is 4.87. The minimum atomic E-state index is 0.0652. The molecule has 2 heteroatoms. The average molecular weight is 477 g/mol. The van der Waals surface area contributed by atoms with Gasteiger partial charge in [-0.15, -0.1) is 0 Å². The van der Waals surface area contributed by atoms with E-state index in [1.54, 1.807) is 0 Å². The first-order valence-electron chi connectivity index (χ1n) is 13.1. The Bertz CT molecular complexity index is 1230. The molecule has 0 fully saturated rings. The minimum absolute atomic E-state index is 0.0652. The fourth-order valence-electron chi connectivity index (χ4n) is 4.58. The predicted molar refractivity (Wildman–Crippen MR) is 157 cm³/mol. The summed E-state index contributed by atoms with van der Waals surface area (Å²) >= 11 is 0. The van der Waals surface area contributed by atoms with Crippen molar-refractivity contribution in [3.8, 4) is 0 Å². The van der Waals surface area contributed by atoms with Crippen molar-refractivity contribution in [3.05, 3.63) is 113 Å². The molecule has 1 aliphatic carbocycles. The number of para-hydroxylation sites is 2. The lowest BCUT2D eigenvalue weighted by Gasteiger charge is -2.29. The molecule has 3 aromatic carbocycles. The van der Waals surface area contributed by atoms with Gasteiger partial charge in [-0.3, -0.25) is 4.99 Å². The number of allylic oxidation sites excluding steroid dienone is 3. The number of nitrogens with zero attached hydrogens (tertiary/aromatic N) is 1. The molecule has 0 radical (unpaired) electrons. The minimum Gasteiger partial charge on any atom is -0.361 e. The second-order valence-electron chi connectivity index (χ2n) is 11.8. The Morgan fingerprint density at radius 1 is 0.722 bits per heavy atom. The molecule has 0 aliphatic heterocycles. The first-order chi connectivity index (χ1) is 17.1. The summed E-state index contributed by atoms with van der Waals surface area (Å²) in [5.41, 5.74) is 10.2. The van der Waals surface area contributed by atoms with E-state index >= 15 is 0 Å². The third kappa shape index (κ3) is 6.43. The van der Waals surface area contributed by atoms with Crippen LogP contribution in [0.1, 0.15) is 77.5 Å². The third-order valence-corrected chi connectivity index (χ3v) is 6.80. The van der Waals surface area contributed by atoms with Gasteiger partial charge < -0.3 is 5.32 Å². The molecule has 0 atom stereocenters. The SMILES string of the molecule is CC(C)(C)c1cc(C2=C(C=Nc3ccccc3)CCC/C2=C\Nc2ccccc2)cc(C(C)(C)C)c1. The molecular formula is C34H40N2. The van der Waals surface area contributed by atoms with Crippen molar-refractivity contribution >= 4 is 23.2 Å². The number of benzene rings is 3. The summed E-state index contributed by atoms with van der Waals surface area (Å²) in [4.78, 5) is 4.87. The Balaban J connectivity index is 1.89. The molecule has 0 saturated carbocycles. The highest BCUT2D eigenvalue weighted by atomic mass is 14.8. The van der Waals surface area contributed by atoms with Crippen molar-refractivity contribution in [2.45, 2.75) is 71.6 Å². The number of rotatable bonds is 5. The summed E-state index contributed by atoms with van der Waals surface area (Å²) in [5.74, 6) is 0. The zero-order valence-electron chi connectivity index (χ0n) is 22.7. The van der Waals surface area contributed by atoms with Crippen molar-refractivity contribution in [2.24, 2.45) is 4.99 Å². The van der Waals surface area contributed by atoms with Crippen LogP contribution in [0, 0.1) is 0 Å². The molecule has 2 nitrogen and oxygen atoms in total. The lowest BCUT2D eigenvalue weighted by Crippen LogP contribution is -2.17. The molecule has 3 aromatic rings. The van der Waals surface area contributed by atoms with Gasteiger partial charge in [0.05, 0.1) is 5.69 Å². The molecule has 0 bridgehead atoms. The van der Waals surface area contributed by atoms with Gasteiger partial charge in [-0.1, -0.05) is 96.1 Å². The Labute approximate surface area is 217 Å². The molecular weight excluding hydrogens is 436 g/mol. The van der Waals surface area contributed by atoms with E-state index in [4.69, 9.17) is 4.99 Å². The second-order valence-corrected chi connectivity index (χ2v) is 11.8. The van der Waals surface area contributed by atoms with Crippen LogP contribution in [0.4, 0.5) is 11.4 Å². The molecule has 0 spiro atoms. The number of anilines is 1. The van der Waals surface area contributed by atoms with E-state index in [2.05, 4.69) is 120 Å². The van der Waals surface area contributed by atoms with Crippen molar-refractivity contribution < 1.29 is 0 Å². The summed E-state index contributed by atoms with van der Waals surface area (Å²) in [7, 11) is 0. The zero-order chi connectivity index (χ0) is 25.8. The van der Waals surface area contributed by atoms with E-state index in [0.717, 1.165) is 30.6 Å². The second kappa shape index (κ2) is 10.7. The van der Waals surface area contributed by atoms with Crippen LogP contribution in [-0.2, 0) is 10.8 Å². The van der Waals surface area contributed by atoms with Crippen LogP contribution in [0.25, 0.3) is 5.57 Å². The van der Waals surface area contributed by atoms with Gasteiger partial charge in [-0.25, -0.2) is 0 Å². The first kappa shape index (κ1) is 25.7. The van der Waals surface area contributed by atoms with Crippen LogP contribution in [0.5, 0.6) is 0 Å². The molecule has 186 valence electrons. The highest BCUT2D eigenvalue weighted by Gasteiger charge is 2.24. The third-order valence-electron chi connectivity index (χ3n) is 6.80. The van der Waals surface area contributed by atoms with Gasteiger partial charge in [0, 0.05) is 18.1 Å². The van der Waals surface area contributed by atoms with E-state index in [9.17, 15) is 0 Å². The number of hydrogen-bond donors (Lipinski definition) is 1. The summed E-state index contributed by atoms with van der Waals surface area (Å²) in [5, 5.41) is 3.56. The van der Waals surface area contributed by atoms with Gasteiger partial charge in [-0.05, 0) is 87.8 Å². The van der Waals surface area contributed by atoms with Crippen LogP contribution in [-0.4, -0.2) is 6.21 Å². The zero-order valence-corrected chi connectivity index (χ0v) is 22.7. The normalized spacial score (nSPS) is 16.1. The summed E-state index contributed by atoms with van der Waals surface area (Å²) < 4.78 is 0. The van der Waals surface area contributed by atoms with Gasteiger partial charge in [-0.2, -0.15) is 0 Å². The lowest BCUT2D eigenvalue weighted by atomic mass is 9.76. The highest BCUT2D eigenvalue weighted by molar-refractivity contribution is 5.98. The summed E-state index contributed by atoms with van der Waals surface area (Å²) in [6.45, 7) is 13.8. The van der Waals surface area contributed by atoms with E-state index in [0.29, 0.717) is 0 Å². The maximum absolute atomic E-state index is 4.87. The molecule has 0 aromatic heterocycles. The molecule has 0 heterocycles. The topological polar surface area (TPSA) is 24.4 Å². The molecule has 4 rings (SSSR count). The van der Waals surface area contributed by atoms with Crippen LogP contribution < -0.4 is 5.32 Å². The first-order valence-corrected chi connectivity index (χ1v) is 13.1. The van der Waals surface area contributed by atoms with Crippen molar-refractivity contribution in [3.63, 3.8) is 0 Å². The molecule has 36 heavy (non-hydrogen) atoms. The monoisotopic (exact) mass is 476 g/mol. The number of nitrogens with one attached hydrogen (secondary N) is 1. The molecule has 0 amide bonds. The fraction of sp³-hybridized carbons (Fsp3) is 0.324. The Morgan fingerprint density at radius 2 is 1.31 bits per heavy atom. The van der Waals surface area contributed by atoms with E-state index < -0.39 is 0 Å². The predicted octanol–water partition coefficient (Wildman–Crippen LogP) is 9.62. The van der Waals surface area contributed by atoms with Crippen LogP contribution in [0.2, 0.25) is 0 Å². The Hall–Kier alpha value is -3.39. The maximum Gasteiger partial charge on any atom is 0.0629 e. The Kier molecular flexibility index (Phi) is 7.64. The van der Waals surface area contributed by atoms with E-state index in [1.807, 2.05) is 18.2 Å². The highest BCUT2D eigenvalue weighted by Crippen LogP contribution is 2.40. The average Bonchev–Trinajstić information content (AvgIpc) is 2.86. The van der Waals surface area contributed by atoms with Crippen LogP contribution in [0.15, 0.2) is 101 Å². The van der Waals surface area contributed by atoms with Gasteiger partial charge in [0.1, 0.15) is 0 Å². The summed E-state index contributed by atoms with van der Waals surface area (Å²) in [6, 6.07) is 27.9. The van der Waals surface area contributed by atoms with Crippen LogP contribution in [0.3, 0.4) is 0 Å². The van der Waals surface area contributed by atoms with Crippen molar-refractivity contribution in [1.29, 1.82) is 0 Å². The van der Waals surface area contributed by atoms with Crippen molar-refractivity contribution in [1.82, 2.24) is 0 Å². The number of aliphatic imine (C=N–C) groups is 1. The van der Waals surface area contributed by atoms with E-state index in [-0.39, 0.29) is 10.8 Å². The Morgan fingerprint density at radius 3 is 1.89 bits per heavy atom. The molecule has 0 unspecified atom stereocenters. The summed E-state index contributed by atoms with van der Waals surface area (Å²) in [6.07, 6.45) is 7.50. The lowest BCUT2D eigenvalue weighted by molar-refractivity contribution is 0.568. The fourth-order valence-corrected chi connectivity index (χ4v) is 4.58. The standard InChI is InChI=1S/C34H40N2/c1-33(2,3)28-20-27(21-29(22-28)34(4,5)6)32-25(23-35-30-16-9-7-10-17-30)14-13-15-26(32)24-36-31-18-11-8-12-19-31/h7-12,16-24,35H,13-15H2,1-6H3/b25-23+,36-24?. The van der Waals surface area contributed by atoms with Gasteiger partial charge >= 0.3 is 0 Å². The van der Waals surface area contributed by atoms with Gasteiger partial charge in [0.15, 0.2) is 0 Å². The van der Waals surface area contributed by atoms with Gasteiger partial charge in [0.2, 0.25) is 0 Å². The largest absolute Gasteiger partial charge is 0.361 e.